The summed E-state index contributed by atoms with van der Waals surface area (Å²) in [4.78, 5) is 25.0. The minimum atomic E-state index is -0.170. The Morgan fingerprint density at radius 3 is 2.69 bits per heavy atom. The van der Waals surface area contributed by atoms with Crippen molar-refractivity contribution in [2.24, 2.45) is 5.92 Å². The van der Waals surface area contributed by atoms with E-state index >= 15 is 0 Å². The van der Waals surface area contributed by atoms with Crippen LogP contribution >= 0.6 is 9.24 Å². The van der Waals surface area contributed by atoms with Crippen molar-refractivity contribution in [3.05, 3.63) is 0 Å². The molecule has 0 saturated carbocycles. The van der Waals surface area contributed by atoms with E-state index in [-0.39, 0.29) is 17.5 Å². The van der Waals surface area contributed by atoms with Gasteiger partial charge >= 0.3 is 0 Å². The van der Waals surface area contributed by atoms with Crippen LogP contribution in [0.1, 0.15) is 46.0 Å². The summed E-state index contributed by atoms with van der Waals surface area (Å²) in [6.07, 6.45) is 4.40. The lowest BCUT2D eigenvalue weighted by molar-refractivity contribution is -0.135. The van der Waals surface area contributed by atoms with Gasteiger partial charge < -0.3 is 4.90 Å². The predicted octanol–water partition coefficient (Wildman–Crippen LogP) is 2.21. The van der Waals surface area contributed by atoms with Crippen molar-refractivity contribution in [3.8, 4) is 0 Å². The molecule has 0 spiro atoms. The topological polar surface area (TPSA) is 37.4 Å². The molecule has 0 aromatic heterocycles. The highest BCUT2D eigenvalue weighted by Crippen LogP contribution is 2.21. The Kier molecular flexibility index (Phi) is 5.40. The molecule has 2 unspecified atom stereocenters. The number of rotatable bonds is 5. The Bertz CT molecular complexity index is 266. The predicted molar refractivity (Wildman–Crippen MR) is 68.1 cm³/mol. The van der Waals surface area contributed by atoms with Gasteiger partial charge in [0.2, 0.25) is 5.91 Å². The van der Waals surface area contributed by atoms with Gasteiger partial charge in [0.05, 0.1) is 6.04 Å². The van der Waals surface area contributed by atoms with Gasteiger partial charge in [-0.2, -0.15) is 0 Å². The number of likely N-dealkylation sites (tertiary alicyclic amines) is 1. The summed E-state index contributed by atoms with van der Waals surface area (Å²) in [5.74, 6) is 0.796. The molecule has 4 heteroatoms. The van der Waals surface area contributed by atoms with E-state index in [2.05, 4.69) is 23.1 Å². The molecule has 0 bridgehead atoms. The molecule has 0 radical (unpaired) electrons. The first-order valence-electron chi connectivity index (χ1n) is 6.11. The molecular formula is C12H22NO2P. The second-order valence-corrected chi connectivity index (χ2v) is 5.50. The van der Waals surface area contributed by atoms with E-state index in [0.717, 1.165) is 32.2 Å². The molecule has 1 aliphatic heterocycles. The number of carbonyl (C=O) groups is 2. The Hall–Kier alpha value is -0.430. The smallest absolute Gasteiger partial charge is 0.223 e. The van der Waals surface area contributed by atoms with Crippen molar-refractivity contribution in [2.45, 2.75) is 52.0 Å². The molecule has 0 aromatic rings. The van der Waals surface area contributed by atoms with Crippen LogP contribution in [0.4, 0.5) is 0 Å². The third kappa shape index (κ3) is 3.86. The highest BCUT2D eigenvalue weighted by molar-refractivity contribution is 7.40. The van der Waals surface area contributed by atoms with Gasteiger partial charge in [-0.15, -0.1) is 0 Å². The van der Waals surface area contributed by atoms with Gasteiger partial charge in [-0.1, -0.05) is 29.5 Å². The second kappa shape index (κ2) is 6.34. The van der Waals surface area contributed by atoms with E-state index in [1.807, 2.05) is 0 Å². The molecule has 1 heterocycles. The largest absolute Gasteiger partial charge is 0.332 e. The van der Waals surface area contributed by atoms with E-state index in [1.165, 1.54) is 0 Å². The van der Waals surface area contributed by atoms with Gasteiger partial charge in [0.15, 0.2) is 5.52 Å². The molecule has 3 nitrogen and oxygen atoms in total. The zero-order chi connectivity index (χ0) is 12.1. The van der Waals surface area contributed by atoms with Crippen molar-refractivity contribution in [1.29, 1.82) is 0 Å². The second-order valence-electron chi connectivity index (χ2n) is 4.93. The van der Waals surface area contributed by atoms with E-state index in [1.54, 1.807) is 4.90 Å². The minimum Gasteiger partial charge on any atom is -0.332 e. The van der Waals surface area contributed by atoms with Crippen LogP contribution in [0, 0.1) is 5.92 Å². The number of hydrogen-bond acceptors (Lipinski definition) is 2. The van der Waals surface area contributed by atoms with E-state index in [0.29, 0.717) is 12.3 Å². The van der Waals surface area contributed by atoms with Crippen LogP contribution in [0.3, 0.4) is 0 Å². The fourth-order valence-corrected chi connectivity index (χ4v) is 2.51. The lowest BCUT2D eigenvalue weighted by Gasteiger charge is -2.22. The summed E-state index contributed by atoms with van der Waals surface area (Å²) in [6.45, 7) is 5.08. The molecule has 1 rings (SSSR count). The van der Waals surface area contributed by atoms with E-state index in [9.17, 15) is 9.59 Å². The first-order chi connectivity index (χ1) is 7.52. The van der Waals surface area contributed by atoms with Crippen molar-refractivity contribution >= 4 is 20.7 Å². The molecule has 1 amide bonds. The van der Waals surface area contributed by atoms with E-state index in [4.69, 9.17) is 0 Å². The third-order valence-electron chi connectivity index (χ3n) is 3.07. The summed E-state index contributed by atoms with van der Waals surface area (Å²) < 4.78 is 0. The van der Waals surface area contributed by atoms with Gasteiger partial charge in [0.1, 0.15) is 0 Å². The molecule has 92 valence electrons. The molecule has 1 aliphatic rings. The van der Waals surface area contributed by atoms with Crippen LogP contribution < -0.4 is 0 Å². The summed E-state index contributed by atoms with van der Waals surface area (Å²) in [5, 5.41) is 0. The quantitative estimate of drug-likeness (QED) is 0.694. The van der Waals surface area contributed by atoms with Crippen LogP contribution in [0.15, 0.2) is 0 Å². The normalized spacial score (nSPS) is 20.5. The van der Waals surface area contributed by atoms with Crippen LogP contribution in [-0.2, 0) is 9.59 Å². The average Bonchev–Trinajstić information content (AvgIpc) is 2.65. The van der Waals surface area contributed by atoms with Gasteiger partial charge in [0, 0.05) is 13.0 Å². The summed E-state index contributed by atoms with van der Waals surface area (Å²) in [7, 11) is 2.20. The van der Waals surface area contributed by atoms with Crippen molar-refractivity contribution in [1.82, 2.24) is 4.90 Å². The molecular weight excluding hydrogens is 221 g/mol. The molecule has 0 aliphatic carbocycles. The standard InChI is InChI=1S/C12H22NO2P/c1-9(2)5-3-7-11(14)13-8-4-6-10(13)12(15)16/h9-10H,3-8,16H2,1-2H3. The Balaban J connectivity index is 2.38. The molecule has 2 atom stereocenters. The van der Waals surface area contributed by atoms with Crippen LogP contribution in [-0.4, -0.2) is 28.9 Å². The Morgan fingerprint density at radius 1 is 1.44 bits per heavy atom. The van der Waals surface area contributed by atoms with Gasteiger partial charge in [-0.25, -0.2) is 0 Å². The molecule has 1 fully saturated rings. The highest BCUT2D eigenvalue weighted by Gasteiger charge is 2.31. The molecule has 0 aromatic carbocycles. The van der Waals surface area contributed by atoms with Crippen LogP contribution in [0.25, 0.3) is 0 Å². The van der Waals surface area contributed by atoms with Crippen molar-refractivity contribution in [2.75, 3.05) is 6.54 Å². The maximum Gasteiger partial charge on any atom is 0.223 e. The molecule has 16 heavy (non-hydrogen) atoms. The lowest BCUT2D eigenvalue weighted by Crippen LogP contribution is -2.38. The first-order valence-corrected chi connectivity index (χ1v) is 6.69. The molecule has 0 N–H and O–H groups in total. The Labute approximate surface area is 100 Å². The first kappa shape index (κ1) is 13.6. The lowest BCUT2D eigenvalue weighted by atomic mass is 10.1. The van der Waals surface area contributed by atoms with Crippen LogP contribution in [0.5, 0.6) is 0 Å². The zero-order valence-corrected chi connectivity index (χ0v) is 11.4. The fraction of sp³-hybridized carbons (Fsp3) is 0.833. The number of amides is 1. The van der Waals surface area contributed by atoms with E-state index < -0.39 is 0 Å². The summed E-state index contributed by atoms with van der Waals surface area (Å²) in [6, 6.07) is -0.170. The maximum absolute atomic E-state index is 11.9. The van der Waals surface area contributed by atoms with Gasteiger partial charge in [-0.3, -0.25) is 9.59 Å². The average molecular weight is 243 g/mol. The summed E-state index contributed by atoms with van der Waals surface area (Å²) >= 11 is 0. The monoisotopic (exact) mass is 243 g/mol. The minimum absolute atomic E-state index is 0.0507. The van der Waals surface area contributed by atoms with Crippen molar-refractivity contribution < 1.29 is 9.59 Å². The number of hydrogen-bond donors (Lipinski definition) is 0. The SMILES string of the molecule is CC(C)CCCC(=O)N1CCCC1C(=O)P. The van der Waals surface area contributed by atoms with Crippen molar-refractivity contribution in [3.63, 3.8) is 0 Å². The number of nitrogens with zero attached hydrogens (tertiary/aromatic N) is 1. The highest BCUT2D eigenvalue weighted by atomic mass is 31.0. The number of carbonyl (C=O) groups excluding carboxylic acids is 2. The maximum atomic E-state index is 11.9. The molecule has 1 saturated heterocycles. The summed E-state index contributed by atoms with van der Waals surface area (Å²) in [5.41, 5.74) is 0.0507. The van der Waals surface area contributed by atoms with Crippen LogP contribution in [0.2, 0.25) is 0 Å². The van der Waals surface area contributed by atoms with Gasteiger partial charge in [0.25, 0.3) is 0 Å². The Morgan fingerprint density at radius 2 is 2.12 bits per heavy atom. The van der Waals surface area contributed by atoms with Gasteiger partial charge in [-0.05, 0) is 25.2 Å². The fourth-order valence-electron chi connectivity index (χ4n) is 2.17. The third-order valence-corrected chi connectivity index (χ3v) is 3.46. The zero-order valence-electron chi connectivity index (χ0n) is 10.2.